The minimum absolute atomic E-state index is 0.168. The van der Waals surface area contributed by atoms with E-state index >= 15 is 0 Å². The van der Waals surface area contributed by atoms with Crippen LogP contribution in [0.4, 0.5) is 5.69 Å². The van der Waals surface area contributed by atoms with Crippen LogP contribution in [-0.4, -0.2) is 25.7 Å². The lowest BCUT2D eigenvalue weighted by atomic mass is 10.2. The number of rotatable bonds is 3. The smallest absolute Gasteiger partial charge is 0.291 e. The predicted molar refractivity (Wildman–Crippen MR) is 93.8 cm³/mol. The predicted octanol–water partition coefficient (Wildman–Crippen LogP) is 2.72. The summed E-state index contributed by atoms with van der Waals surface area (Å²) in [4.78, 5) is 30.8. The lowest BCUT2D eigenvalue weighted by molar-refractivity contribution is 0.0995. The summed E-state index contributed by atoms with van der Waals surface area (Å²) >= 11 is 3.16. The van der Waals surface area contributed by atoms with Crippen LogP contribution in [0.5, 0.6) is 0 Å². The van der Waals surface area contributed by atoms with Gasteiger partial charge in [-0.15, -0.1) is 0 Å². The van der Waals surface area contributed by atoms with Crippen LogP contribution in [0, 0.1) is 0 Å². The van der Waals surface area contributed by atoms with Crippen molar-refractivity contribution in [2.45, 2.75) is 0 Å². The van der Waals surface area contributed by atoms with Gasteiger partial charge in [0.15, 0.2) is 16.1 Å². The van der Waals surface area contributed by atoms with Crippen LogP contribution in [0.15, 0.2) is 62.8 Å². The van der Waals surface area contributed by atoms with Crippen molar-refractivity contribution in [2.75, 3.05) is 5.32 Å². The molecule has 0 bridgehead atoms. The molecule has 3 heterocycles. The molecule has 4 rings (SSSR count). The fraction of sp³-hybridized carbons (Fsp3) is 0. The van der Waals surface area contributed by atoms with Gasteiger partial charge in [0.25, 0.3) is 11.5 Å². The number of aromatic nitrogens is 4. The Labute approximate surface area is 148 Å². The first-order chi connectivity index (χ1) is 12.1. The minimum atomic E-state index is -0.402. The zero-order valence-electron chi connectivity index (χ0n) is 12.6. The molecule has 0 spiro atoms. The van der Waals surface area contributed by atoms with Crippen LogP contribution < -0.4 is 10.9 Å². The molecule has 25 heavy (non-hydrogen) atoms. The Hall–Kier alpha value is -3.20. The lowest BCUT2D eigenvalue weighted by Crippen LogP contribution is -2.14. The summed E-state index contributed by atoms with van der Waals surface area (Å²) in [6.45, 7) is 0. The number of fused-ring (bicyclic) bond motifs is 1. The Morgan fingerprint density at radius 3 is 2.88 bits per heavy atom. The van der Waals surface area contributed by atoms with Gasteiger partial charge in [-0.1, -0.05) is 12.1 Å². The number of hydrogen-bond donors (Lipinski definition) is 2. The first-order valence-electron chi connectivity index (χ1n) is 7.21. The number of nitrogens with zero attached hydrogens (tertiary/aromatic N) is 3. The molecule has 0 atom stereocenters. The number of amides is 1. The highest BCUT2D eigenvalue weighted by molar-refractivity contribution is 9.10. The Morgan fingerprint density at radius 2 is 2.08 bits per heavy atom. The number of carbonyl (C=O) groups is 1. The van der Waals surface area contributed by atoms with E-state index in [9.17, 15) is 9.59 Å². The molecule has 9 heteroatoms. The van der Waals surface area contributed by atoms with Crippen molar-refractivity contribution in [3.63, 3.8) is 0 Å². The van der Waals surface area contributed by atoms with Crippen molar-refractivity contribution >= 4 is 38.6 Å². The van der Waals surface area contributed by atoms with Crippen molar-refractivity contribution in [1.29, 1.82) is 0 Å². The maximum Gasteiger partial charge on any atom is 0.291 e. The summed E-state index contributed by atoms with van der Waals surface area (Å²) in [6, 6.07) is 10.3. The number of anilines is 1. The summed E-state index contributed by atoms with van der Waals surface area (Å²) in [5.41, 5.74) is 1.20. The maximum atomic E-state index is 12.3. The molecule has 8 nitrogen and oxygen atoms in total. The number of para-hydroxylation sites is 2. The number of halogens is 1. The summed E-state index contributed by atoms with van der Waals surface area (Å²) < 4.78 is 7.22. The lowest BCUT2D eigenvalue weighted by Gasteiger charge is -2.10. The van der Waals surface area contributed by atoms with Crippen LogP contribution in [0.1, 0.15) is 10.6 Å². The average molecular weight is 400 g/mol. The third-order valence-corrected chi connectivity index (χ3v) is 3.97. The molecule has 4 aromatic rings. The number of H-pyrrole nitrogens is 1. The van der Waals surface area contributed by atoms with Gasteiger partial charge < -0.3 is 14.7 Å². The van der Waals surface area contributed by atoms with E-state index < -0.39 is 5.91 Å². The van der Waals surface area contributed by atoms with Crippen molar-refractivity contribution in [3.05, 3.63) is 69.7 Å². The van der Waals surface area contributed by atoms with Gasteiger partial charge in [-0.2, -0.15) is 5.10 Å². The van der Waals surface area contributed by atoms with E-state index in [1.54, 1.807) is 36.4 Å². The molecule has 0 aliphatic rings. The van der Waals surface area contributed by atoms with E-state index in [0.29, 0.717) is 27.1 Å². The molecule has 0 saturated heterocycles. The third-order valence-electron chi connectivity index (χ3n) is 3.55. The Kier molecular flexibility index (Phi) is 3.69. The number of hydrogen-bond acceptors (Lipinski definition) is 5. The molecule has 0 aliphatic heterocycles. The van der Waals surface area contributed by atoms with Crippen molar-refractivity contribution in [2.24, 2.45) is 0 Å². The van der Waals surface area contributed by atoms with E-state index in [0.717, 1.165) is 0 Å². The number of benzene rings is 1. The normalized spacial score (nSPS) is 10.9. The zero-order valence-corrected chi connectivity index (χ0v) is 14.1. The monoisotopic (exact) mass is 399 g/mol. The topological polar surface area (TPSA) is 106 Å². The first kappa shape index (κ1) is 15.3. The third kappa shape index (κ3) is 2.74. The Bertz CT molecular complexity index is 1140. The molecule has 0 radical (unpaired) electrons. The summed E-state index contributed by atoms with van der Waals surface area (Å²) in [7, 11) is 0. The molecule has 124 valence electrons. The largest absolute Gasteiger partial charge is 0.444 e. The van der Waals surface area contributed by atoms with Gasteiger partial charge in [0.2, 0.25) is 0 Å². The molecule has 0 fully saturated rings. The second kappa shape index (κ2) is 6.02. The Morgan fingerprint density at radius 1 is 1.24 bits per heavy atom. The van der Waals surface area contributed by atoms with Crippen LogP contribution >= 0.6 is 15.9 Å². The highest BCUT2D eigenvalue weighted by Crippen LogP contribution is 2.23. The van der Waals surface area contributed by atoms with Gasteiger partial charge in [-0.25, -0.2) is 9.67 Å². The van der Waals surface area contributed by atoms with Crippen LogP contribution in [0.25, 0.3) is 16.7 Å². The molecule has 0 saturated carbocycles. The van der Waals surface area contributed by atoms with Crippen molar-refractivity contribution in [1.82, 2.24) is 19.7 Å². The molecule has 0 aliphatic carbocycles. The van der Waals surface area contributed by atoms with E-state index in [1.165, 1.54) is 17.2 Å². The highest BCUT2D eigenvalue weighted by Gasteiger charge is 2.16. The molecule has 2 N–H and O–H groups in total. The Balaban J connectivity index is 1.77. The van der Waals surface area contributed by atoms with E-state index in [-0.39, 0.29) is 11.3 Å². The molecular formula is C16H10BrN5O3. The number of aromatic amines is 1. The summed E-state index contributed by atoms with van der Waals surface area (Å²) in [5, 5.41) is 7.36. The molecular weight excluding hydrogens is 390 g/mol. The second-order valence-electron chi connectivity index (χ2n) is 5.10. The van der Waals surface area contributed by atoms with Crippen molar-refractivity contribution in [3.8, 4) is 5.69 Å². The van der Waals surface area contributed by atoms with E-state index in [2.05, 4.69) is 36.3 Å². The van der Waals surface area contributed by atoms with Crippen LogP contribution in [-0.2, 0) is 0 Å². The van der Waals surface area contributed by atoms with E-state index in [1.807, 2.05) is 0 Å². The van der Waals surface area contributed by atoms with Gasteiger partial charge in [-0.3, -0.25) is 9.59 Å². The second-order valence-corrected chi connectivity index (χ2v) is 5.88. The van der Waals surface area contributed by atoms with Crippen LogP contribution in [0.3, 0.4) is 0 Å². The molecule has 1 aromatic carbocycles. The van der Waals surface area contributed by atoms with Gasteiger partial charge in [-0.05, 0) is 40.2 Å². The van der Waals surface area contributed by atoms with Gasteiger partial charge in [0.1, 0.15) is 5.39 Å². The number of furan rings is 1. The molecule has 3 aromatic heterocycles. The molecule has 0 unspecified atom stereocenters. The highest BCUT2D eigenvalue weighted by atomic mass is 79.9. The summed E-state index contributed by atoms with van der Waals surface area (Å²) in [6.07, 6.45) is 2.74. The summed E-state index contributed by atoms with van der Waals surface area (Å²) in [5.74, 6) is -0.234. The SMILES string of the molecule is O=C(Nc1ccccc1-n1ncc2c(=O)[nH]cnc21)c1ccc(Br)o1. The minimum Gasteiger partial charge on any atom is -0.444 e. The van der Waals surface area contributed by atoms with Crippen molar-refractivity contribution < 1.29 is 9.21 Å². The number of nitrogens with one attached hydrogen (secondary N) is 2. The number of carbonyl (C=O) groups excluding carboxylic acids is 1. The van der Waals surface area contributed by atoms with Gasteiger partial charge >= 0.3 is 0 Å². The fourth-order valence-electron chi connectivity index (χ4n) is 2.42. The first-order valence-corrected chi connectivity index (χ1v) is 8.00. The average Bonchev–Trinajstić information content (AvgIpc) is 3.23. The maximum absolute atomic E-state index is 12.3. The quantitative estimate of drug-likeness (QED) is 0.550. The molecule has 1 amide bonds. The standard InChI is InChI=1S/C16H10BrN5O3/c17-13-6-5-12(25-13)16(24)21-10-3-1-2-4-11(10)22-14-9(7-20-22)15(23)19-8-18-14/h1-8H,(H,21,24)(H,18,19,23). The van der Waals surface area contributed by atoms with Gasteiger partial charge in [0, 0.05) is 0 Å². The van der Waals surface area contributed by atoms with E-state index in [4.69, 9.17) is 4.42 Å². The van der Waals surface area contributed by atoms with Gasteiger partial charge in [0.05, 0.1) is 23.9 Å². The van der Waals surface area contributed by atoms with Crippen LogP contribution in [0.2, 0.25) is 0 Å². The fourth-order valence-corrected chi connectivity index (χ4v) is 2.72. The zero-order chi connectivity index (χ0) is 17.4.